The van der Waals surface area contributed by atoms with Gasteiger partial charge in [0, 0.05) is 31.6 Å². The van der Waals surface area contributed by atoms with Crippen molar-refractivity contribution in [2.45, 2.75) is 0 Å². The minimum Gasteiger partial charge on any atom is -0.422 e. The zero-order valence-electron chi connectivity index (χ0n) is 11.5. The molecule has 0 radical (unpaired) electrons. The lowest BCUT2D eigenvalue weighted by molar-refractivity contribution is 0.0777. The third-order valence-corrected chi connectivity index (χ3v) is 4.55. The molecule has 1 amide bonds. The Labute approximate surface area is 121 Å². The molecule has 2 atom stereocenters. The van der Waals surface area contributed by atoms with Gasteiger partial charge in [0.15, 0.2) is 0 Å². The first kappa shape index (κ1) is 12.6. The number of benzene rings is 1. The van der Waals surface area contributed by atoms with Crippen molar-refractivity contribution in [2.24, 2.45) is 11.8 Å². The van der Waals surface area contributed by atoms with Gasteiger partial charge in [-0.3, -0.25) is 4.79 Å². The van der Waals surface area contributed by atoms with Gasteiger partial charge in [0.25, 0.3) is 5.91 Å². The van der Waals surface area contributed by atoms with E-state index in [4.69, 9.17) is 4.42 Å². The minimum atomic E-state index is -0.547. The standard InChI is InChI=1S/C16H16N2O3/c19-15(18-8-11-6-17-7-12(11)9-18)13-5-10-3-1-2-4-14(10)21-16(13)20/h1-5,11-12,17H,6-9H2/t11-,12+. The average Bonchev–Trinajstić information content (AvgIpc) is 3.07. The third kappa shape index (κ3) is 2.05. The molecule has 0 aliphatic carbocycles. The van der Waals surface area contributed by atoms with Crippen LogP contribution in [-0.2, 0) is 0 Å². The van der Waals surface area contributed by atoms with Gasteiger partial charge in [0.2, 0.25) is 0 Å². The van der Waals surface area contributed by atoms with Crippen LogP contribution in [0.2, 0.25) is 0 Å². The Balaban J connectivity index is 1.68. The van der Waals surface area contributed by atoms with Crippen LogP contribution in [0.3, 0.4) is 0 Å². The van der Waals surface area contributed by atoms with E-state index in [0.717, 1.165) is 31.6 Å². The molecule has 2 saturated heterocycles. The van der Waals surface area contributed by atoms with Crippen molar-refractivity contribution in [1.82, 2.24) is 10.2 Å². The predicted molar refractivity (Wildman–Crippen MR) is 78.2 cm³/mol. The van der Waals surface area contributed by atoms with Crippen LogP contribution < -0.4 is 10.9 Å². The SMILES string of the molecule is O=C(c1cc2ccccc2oc1=O)N1C[C@H]2CNC[C@H]2C1. The summed E-state index contributed by atoms with van der Waals surface area (Å²) in [5, 5.41) is 4.12. The number of nitrogens with zero attached hydrogens (tertiary/aromatic N) is 1. The van der Waals surface area contributed by atoms with Gasteiger partial charge in [-0.05, 0) is 24.0 Å². The van der Waals surface area contributed by atoms with E-state index in [1.807, 2.05) is 12.1 Å². The van der Waals surface area contributed by atoms with Gasteiger partial charge in [0.05, 0.1) is 0 Å². The van der Waals surface area contributed by atoms with Crippen LogP contribution in [0.4, 0.5) is 0 Å². The van der Waals surface area contributed by atoms with Gasteiger partial charge >= 0.3 is 5.63 Å². The van der Waals surface area contributed by atoms with Gasteiger partial charge in [-0.25, -0.2) is 4.79 Å². The van der Waals surface area contributed by atoms with E-state index in [1.54, 1.807) is 23.1 Å². The Morgan fingerprint density at radius 3 is 2.67 bits per heavy atom. The summed E-state index contributed by atoms with van der Waals surface area (Å²) < 4.78 is 5.25. The van der Waals surface area contributed by atoms with Crippen LogP contribution in [0, 0.1) is 11.8 Å². The highest BCUT2D eigenvalue weighted by Gasteiger charge is 2.38. The maximum atomic E-state index is 12.6. The molecule has 5 heteroatoms. The van der Waals surface area contributed by atoms with Crippen molar-refractivity contribution in [3.8, 4) is 0 Å². The summed E-state index contributed by atoms with van der Waals surface area (Å²) in [6.07, 6.45) is 0. The summed E-state index contributed by atoms with van der Waals surface area (Å²) >= 11 is 0. The molecule has 2 aromatic rings. The lowest BCUT2D eigenvalue weighted by Crippen LogP contribution is -2.34. The number of carbonyl (C=O) groups is 1. The van der Waals surface area contributed by atoms with E-state index in [2.05, 4.69) is 5.32 Å². The summed E-state index contributed by atoms with van der Waals surface area (Å²) in [5.74, 6) is 0.826. The zero-order chi connectivity index (χ0) is 14.4. The van der Waals surface area contributed by atoms with Crippen LogP contribution in [0.1, 0.15) is 10.4 Å². The second-order valence-electron chi connectivity index (χ2n) is 5.87. The number of carbonyl (C=O) groups excluding carboxylic acids is 1. The van der Waals surface area contributed by atoms with E-state index in [-0.39, 0.29) is 11.5 Å². The highest BCUT2D eigenvalue weighted by atomic mass is 16.4. The Morgan fingerprint density at radius 2 is 1.90 bits per heavy atom. The van der Waals surface area contributed by atoms with Gasteiger partial charge in [-0.1, -0.05) is 18.2 Å². The minimum absolute atomic E-state index is 0.140. The number of amides is 1. The predicted octanol–water partition coefficient (Wildman–Crippen LogP) is 1.08. The van der Waals surface area contributed by atoms with E-state index >= 15 is 0 Å². The smallest absolute Gasteiger partial charge is 0.349 e. The molecule has 0 bridgehead atoms. The number of nitrogens with one attached hydrogen (secondary N) is 1. The number of hydrogen-bond donors (Lipinski definition) is 1. The Kier molecular flexibility index (Phi) is 2.82. The van der Waals surface area contributed by atoms with Crippen molar-refractivity contribution in [3.05, 3.63) is 46.3 Å². The number of hydrogen-bond acceptors (Lipinski definition) is 4. The van der Waals surface area contributed by atoms with Crippen molar-refractivity contribution in [1.29, 1.82) is 0 Å². The molecule has 0 unspecified atom stereocenters. The van der Waals surface area contributed by atoms with Crippen LogP contribution in [-0.4, -0.2) is 37.0 Å². The summed E-state index contributed by atoms with van der Waals surface area (Å²) in [5.41, 5.74) is 0.108. The fourth-order valence-corrected chi connectivity index (χ4v) is 3.40. The van der Waals surface area contributed by atoms with E-state index in [1.165, 1.54) is 0 Å². The fraction of sp³-hybridized carbons (Fsp3) is 0.375. The van der Waals surface area contributed by atoms with Crippen molar-refractivity contribution < 1.29 is 9.21 Å². The molecule has 2 aliphatic rings. The lowest BCUT2D eigenvalue weighted by atomic mass is 10.0. The molecule has 21 heavy (non-hydrogen) atoms. The molecule has 0 spiro atoms. The molecule has 5 nitrogen and oxygen atoms in total. The highest BCUT2D eigenvalue weighted by Crippen LogP contribution is 2.27. The van der Waals surface area contributed by atoms with Crippen LogP contribution >= 0.6 is 0 Å². The van der Waals surface area contributed by atoms with Crippen molar-refractivity contribution >= 4 is 16.9 Å². The van der Waals surface area contributed by atoms with Crippen LogP contribution in [0.25, 0.3) is 11.0 Å². The molecule has 1 aromatic carbocycles. The van der Waals surface area contributed by atoms with Gasteiger partial charge in [-0.2, -0.15) is 0 Å². The molecule has 2 aliphatic heterocycles. The number of para-hydroxylation sites is 1. The number of fused-ring (bicyclic) bond motifs is 2. The quantitative estimate of drug-likeness (QED) is 0.796. The van der Waals surface area contributed by atoms with Gasteiger partial charge < -0.3 is 14.6 Å². The fourth-order valence-electron chi connectivity index (χ4n) is 3.40. The molecular formula is C16H16N2O3. The highest BCUT2D eigenvalue weighted by molar-refractivity contribution is 5.96. The van der Waals surface area contributed by atoms with E-state index in [9.17, 15) is 9.59 Å². The van der Waals surface area contributed by atoms with Crippen LogP contribution in [0.15, 0.2) is 39.5 Å². The van der Waals surface area contributed by atoms with E-state index in [0.29, 0.717) is 17.4 Å². The van der Waals surface area contributed by atoms with Gasteiger partial charge in [-0.15, -0.1) is 0 Å². The van der Waals surface area contributed by atoms with Crippen LogP contribution in [0.5, 0.6) is 0 Å². The maximum absolute atomic E-state index is 12.6. The van der Waals surface area contributed by atoms with Crippen molar-refractivity contribution in [3.63, 3.8) is 0 Å². The zero-order valence-corrected chi connectivity index (χ0v) is 11.5. The van der Waals surface area contributed by atoms with Gasteiger partial charge in [0.1, 0.15) is 11.1 Å². The first-order valence-corrected chi connectivity index (χ1v) is 7.25. The molecule has 3 heterocycles. The van der Waals surface area contributed by atoms with Crippen molar-refractivity contribution in [2.75, 3.05) is 26.2 Å². The number of likely N-dealkylation sites (tertiary alicyclic amines) is 1. The normalized spacial score (nSPS) is 24.5. The first-order valence-electron chi connectivity index (χ1n) is 7.25. The Morgan fingerprint density at radius 1 is 1.19 bits per heavy atom. The average molecular weight is 284 g/mol. The molecule has 1 aromatic heterocycles. The monoisotopic (exact) mass is 284 g/mol. The molecule has 0 saturated carbocycles. The largest absolute Gasteiger partial charge is 0.422 e. The summed E-state index contributed by atoms with van der Waals surface area (Å²) in [6, 6.07) is 8.90. The lowest BCUT2D eigenvalue weighted by Gasteiger charge is -2.16. The summed E-state index contributed by atoms with van der Waals surface area (Å²) in [4.78, 5) is 26.4. The molecular weight excluding hydrogens is 268 g/mol. The summed E-state index contributed by atoms with van der Waals surface area (Å²) in [7, 11) is 0. The Hall–Kier alpha value is -2.14. The molecule has 2 fully saturated rings. The van der Waals surface area contributed by atoms with E-state index < -0.39 is 5.63 Å². The second-order valence-corrected chi connectivity index (χ2v) is 5.87. The Bertz CT molecular complexity index is 755. The maximum Gasteiger partial charge on any atom is 0.349 e. The summed E-state index contributed by atoms with van der Waals surface area (Å²) in [6.45, 7) is 3.37. The molecule has 1 N–H and O–H groups in total. The molecule has 4 rings (SSSR count). The number of rotatable bonds is 1. The first-order chi connectivity index (χ1) is 10.2. The third-order valence-electron chi connectivity index (χ3n) is 4.55. The molecule has 108 valence electrons. The topological polar surface area (TPSA) is 62.6 Å². The second kappa shape index (κ2) is 4.70.